The summed E-state index contributed by atoms with van der Waals surface area (Å²) in [4.78, 5) is 35.5. The van der Waals surface area contributed by atoms with E-state index in [0.29, 0.717) is 18.8 Å². The number of nitrogens with zero attached hydrogens (tertiary/aromatic N) is 1. The van der Waals surface area contributed by atoms with Gasteiger partial charge in [-0.15, -0.1) is 0 Å². The first-order chi connectivity index (χ1) is 14.9. The minimum Gasteiger partial charge on any atom is -0.475 e. The molecule has 0 fully saturated rings. The smallest absolute Gasteiger partial charge is 0.475 e. The summed E-state index contributed by atoms with van der Waals surface area (Å²) in [6, 6.07) is 7.62. The third-order valence-corrected chi connectivity index (χ3v) is 5.00. The number of fused-ring (bicyclic) bond motifs is 1. The number of alkyl halides is 3. The minimum atomic E-state index is -5.08. The average Bonchev–Trinajstić information content (AvgIpc) is 3.14. The van der Waals surface area contributed by atoms with Crippen LogP contribution in [-0.4, -0.2) is 41.5 Å². The van der Waals surface area contributed by atoms with E-state index in [1.54, 1.807) is 6.08 Å². The fraction of sp³-hybridized carbons (Fsp3) is 0.522. The predicted octanol–water partition coefficient (Wildman–Crippen LogP) is 4.12. The van der Waals surface area contributed by atoms with Crippen LogP contribution in [0.4, 0.5) is 18.9 Å². The van der Waals surface area contributed by atoms with Gasteiger partial charge in [0.15, 0.2) is 0 Å². The molecule has 0 aromatic heterocycles. The molecule has 0 aliphatic carbocycles. The van der Waals surface area contributed by atoms with Crippen molar-refractivity contribution in [2.45, 2.75) is 58.7 Å². The van der Waals surface area contributed by atoms with E-state index < -0.39 is 18.2 Å². The fourth-order valence-electron chi connectivity index (χ4n) is 3.35. The van der Waals surface area contributed by atoms with Crippen LogP contribution in [0.25, 0.3) is 0 Å². The number of carboxylic acids is 1. The maximum atomic E-state index is 12.6. The Hall–Kier alpha value is -2.68. The van der Waals surface area contributed by atoms with Crippen LogP contribution in [0.15, 0.2) is 36.4 Å². The van der Waals surface area contributed by atoms with Crippen LogP contribution >= 0.6 is 0 Å². The molecule has 0 radical (unpaired) electrons. The Balaban J connectivity index is 0.000000633. The molecule has 3 N–H and O–H groups in total. The van der Waals surface area contributed by atoms with Gasteiger partial charge in [-0.3, -0.25) is 9.59 Å². The SMILES string of the molecule is CC[C@H](N)C(=O)C[C@H](/C=C/C(=O)N1CCc2ccccc21)CC(C)C.O=C(O)C(F)(F)F. The van der Waals surface area contributed by atoms with Crippen LogP contribution in [0.1, 0.15) is 45.6 Å². The molecule has 2 rings (SSSR count). The van der Waals surface area contributed by atoms with Gasteiger partial charge in [0.25, 0.3) is 5.91 Å². The summed E-state index contributed by atoms with van der Waals surface area (Å²) < 4.78 is 31.7. The van der Waals surface area contributed by atoms with Crippen molar-refractivity contribution in [2.75, 3.05) is 11.4 Å². The largest absolute Gasteiger partial charge is 0.490 e. The number of nitrogens with two attached hydrogens (primary N) is 1. The average molecular weight is 457 g/mol. The highest BCUT2D eigenvalue weighted by atomic mass is 19.4. The lowest BCUT2D eigenvalue weighted by Crippen LogP contribution is -2.31. The van der Waals surface area contributed by atoms with Gasteiger partial charge in [0.2, 0.25) is 0 Å². The van der Waals surface area contributed by atoms with Crippen molar-refractivity contribution in [3.8, 4) is 0 Å². The molecule has 1 amide bonds. The number of carbonyl (C=O) groups excluding carboxylic acids is 2. The Morgan fingerprint density at radius 1 is 1.22 bits per heavy atom. The summed E-state index contributed by atoms with van der Waals surface area (Å²) in [5.41, 5.74) is 8.07. The Bertz CT molecular complexity index is 822. The molecule has 0 bridgehead atoms. The Morgan fingerprint density at radius 3 is 2.34 bits per heavy atom. The molecule has 6 nitrogen and oxygen atoms in total. The molecule has 2 atom stereocenters. The number of carboxylic acid groups (broad SMARTS) is 1. The van der Waals surface area contributed by atoms with E-state index in [4.69, 9.17) is 15.6 Å². The molecular formula is C23H31F3N2O4. The molecule has 1 aliphatic rings. The summed E-state index contributed by atoms with van der Waals surface area (Å²) >= 11 is 0. The number of rotatable bonds is 8. The zero-order chi connectivity index (χ0) is 24.5. The van der Waals surface area contributed by atoms with E-state index in [2.05, 4.69) is 19.9 Å². The van der Waals surface area contributed by atoms with E-state index in [0.717, 1.165) is 25.1 Å². The Labute approximate surface area is 186 Å². The van der Waals surface area contributed by atoms with E-state index in [1.165, 1.54) is 5.56 Å². The van der Waals surface area contributed by atoms with Gasteiger partial charge in [0, 0.05) is 18.7 Å². The molecular weight excluding hydrogens is 425 g/mol. The van der Waals surface area contributed by atoms with Crippen molar-refractivity contribution in [1.82, 2.24) is 0 Å². The lowest BCUT2D eigenvalue weighted by molar-refractivity contribution is -0.192. The Kier molecular flexibility index (Phi) is 10.6. The summed E-state index contributed by atoms with van der Waals surface area (Å²) in [5.74, 6) is -2.16. The molecule has 178 valence electrons. The zero-order valence-corrected chi connectivity index (χ0v) is 18.6. The summed E-state index contributed by atoms with van der Waals surface area (Å²) in [5, 5.41) is 7.12. The lowest BCUT2D eigenvalue weighted by Gasteiger charge is -2.18. The van der Waals surface area contributed by atoms with Crippen molar-refractivity contribution >= 4 is 23.3 Å². The minimum absolute atomic E-state index is 0.00838. The van der Waals surface area contributed by atoms with Gasteiger partial charge in [-0.05, 0) is 48.8 Å². The van der Waals surface area contributed by atoms with Crippen LogP contribution < -0.4 is 10.6 Å². The molecule has 1 aromatic rings. The van der Waals surface area contributed by atoms with Gasteiger partial charge in [-0.25, -0.2) is 4.79 Å². The highest BCUT2D eigenvalue weighted by Crippen LogP contribution is 2.28. The van der Waals surface area contributed by atoms with Gasteiger partial charge >= 0.3 is 12.1 Å². The molecule has 0 saturated carbocycles. The molecule has 1 aliphatic heterocycles. The third-order valence-electron chi connectivity index (χ3n) is 5.00. The second-order valence-corrected chi connectivity index (χ2v) is 8.11. The number of ketones is 1. The van der Waals surface area contributed by atoms with Crippen LogP contribution in [0.5, 0.6) is 0 Å². The summed E-state index contributed by atoms with van der Waals surface area (Å²) in [6.45, 7) is 6.90. The summed E-state index contributed by atoms with van der Waals surface area (Å²) in [7, 11) is 0. The van der Waals surface area contributed by atoms with Crippen molar-refractivity contribution in [3.05, 3.63) is 42.0 Å². The van der Waals surface area contributed by atoms with Gasteiger partial charge in [0.05, 0.1) is 6.04 Å². The predicted molar refractivity (Wildman–Crippen MR) is 116 cm³/mol. The van der Waals surface area contributed by atoms with Crippen LogP contribution in [-0.2, 0) is 20.8 Å². The highest BCUT2D eigenvalue weighted by Gasteiger charge is 2.38. The quantitative estimate of drug-likeness (QED) is 0.573. The Morgan fingerprint density at radius 2 is 1.81 bits per heavy atom. The molecule has 0 saturated heterocycles. The maximum Gasteiger partial charge on any atom is 0.490 e. The number of benzene rings is 1. The first-order valence-corrected chi connectivity index (χ1v) is 10.5. The highest BCUT2D eigenvalue weighted by molar-refractivity contribution is 6.02. The standard InChI is InChI=1S/C21H30N2O2.C2HF3O2/c1-4-18(22)20(24)14-16(13-15(2)3)9-10-21(25)23-12-11-17-7-5-6-8-19(17)23;3-2(4,5)1(6)7/h5-10,15-16,18H,4,11-14,22H2,1-3H3;(H,6,7)/b10-9+;/t16-,18+;/m1./s1. The first kappa shape index (κ1) is 27.4. The monoisotopic (exact) mass is 456 g/mol. The molecule has 0 unspecified atom stereocenters. The fourth-order valence-corrected chi connectivity index (χ4v) is 3.35. The second kappa shape index (κ2) is 12.4. The molecule has 9 heteroatoms. The molecule has 1 heterocycles. The van der Waals surface area contributed by atoms with Crippen molar-refractivity contribution < 1.29 is 32.7 Å². The molecule has 32 heavy (non-hydrogen) atoms. The van der Waals surface area contributed by atoms with Crippen molar-refractivity contribution in [3.63, 3.8) is 0 Å². The van der Waals surface area contributed by atoms with Gasteiger partial charge in [-0.2, -0.15) is 13.2 Å². The third kappa shape index (κ3) is 8.82. The van der Waals surface area contributed by atoms with Crippen LogP contribution in [0.2, 0.25) is 0 Å². The van der Waals surface area contributed by atoms with Gasteiger partial charge in [0.1, 0.15) is 5.78 Å². The zero-order valence-electron chi connectivity index (χ0n) is 18.6. The molecule has 1 aromatic carbocycles. The lowest BCUT2D eigenvalue weighted by atomic mass is 9.90. The normalized spacial score (nSPS) is 15.2. The van der Waals surface area contributed by atoms with E-state index in [-0.39, 0.29) is 17.6 Å². The number of carbonyl (C=O) groups is 3. The number of para-hydroxylation sites is 1. The van der Waals surface area contributed by atoms with E-state index in [1.807, 2.05) is 36.1 Å². The topological polar surface area (TPSA) is 101 Å². The second-order valence-electron chi connectivity index (χ2n) is 8.11. The van der Waals surface area contributed by atoms with Gasteiger partial charge in [-0.1, -0.05) is 45.0 Å². The van der Waals surface area contributed by atoms with E-state index in [9.17, 15) is 22.8 Å². The number of amides is 1. The van der Waals surface area contributed by atoms with Gasteiger partial charge < -0.3 is 15.7 Å². The van der Waals surface area contributed by atoms with Crippen molar-refractivity contribution in [1.29, 1.82) is 0 Å². The summed E-state index contributed by atoms with van der Waals surface area (Å²) in [6.07, 6.45) is 1.30. The number of halogens is 3. The number of anilines is 1. The van der Waals surface area contributed by atoms with Crippen molar-refractivity contribution in [2.24, 2.45) is 17.6 Å². The number of allylic oxidation sites excluding steroid dienone is 1. The van der Waals surface area contributed by atoms with E-state index >= 15 is 0 Å². The molecule has 0 spiro atoms. The number of hydrogen-bond acceptors (Lipinski definition) is 4. The number of aliphatic carboxylic acids is 1. The van der Waals surface area contributed by atoms with Crippen LogP contribution in [0.3, 0.4) is 0 Å². The van der Waals surface area contributed by atoms with Crippen LogP contribution in [0, 0.1) is 11.8 Å². The number of hydrogen-bond donors (Lipinski definition) is 2. The maximum absolute atomic E-state index is 12.6. The first-order valence-electron chi connectivity index (χ1n) is 10.5. The number of Topliss-reactive ketones (excluding diaryl/α,β-unsaturated/α-hetero) is 1.